The number of methoxy groups -OCH3 is 1. The quantitative estimate of drug-likeness (QED) is 0.759. The third-order valence-electron chi connectivity index (χ3n) is 5.68. The van der Waals surface area contributed by atoms with Gasteiger partial charge in [-0.3, -0.25) is 0 Å². The molecule has 1 amide bonds. The fourth-order valence-corrected chi connectivity index (χ4v) is 4.11. The Morgan fingerprint density at radius 2 is 1.96 bits per heavy atom. The first-order chi connectivity index (χ1) is 12.6. The molecule has 27 heavy (non-hydrogen) atoms. The molecule has 1 heterocycles. The van der Waals surface area contributed by atoms with Crippen molar-refractivity contribution in [3.05, 3.63) is 41.5 Å². The van der Waals surface area contributed by atoms with Crippen LogP contribution in [0.1, 0.15) is 31.7 Å². The summed E-state index contributed by atoms with van der Waals surface area (Å²) in [6.07, 6.45) is 4.21. The molecule has 1 aliphatic carbocycles. The van der Waals surface area contributed by atoms with Gasteiger partial charge in [0.1, 0.15) is 0 Å². The summed E-state index contributed by atoms with van der Waals surface area (Å²) >= 11 is 0. The first kappa shape index (κ1) is 21.7. The largest absolute Gasteiger partial charge is 0.465 e. The van der Waals surface area contributed by atoms with E-state index in [9.17, 15) is 9.90 Å². The molecule has 1 aromatic carbocycles. The molecule has 0 aromatic heterocycles. The van der Waals surface area contributed by atoms with Crippen LogP contribution in [0.5, 0.6) is 0 Å². The number of carboxylic acid groups (broad SMARTS) is 1. The zero-order valence-corrected chi connectivity index (χ0v) is 17.0. The molecule has 150 valence electrons. The van der Waals surface area contributed by atoms with Crippen LogP contribution in [0, 0.1) is 5.92 Å². The highest BCUT2D eigenvalue weighted by atomic mass is 35.5. The topological polar surface area (TPSA) is 53.0 Å². The van der Waals surface area contributed by atoms with Gasteiger partial charge in [0, 0.05) is 44.7 Å². The van der Waals surface area contributed by atoms with E-state index in [1.165, 1.54) is 11.1 Å². The Bertz CT molecular complexity index is 630. The van der Waals surface area contributed by atoms with E-state index in [1.807, 2.05) is 18.2 Å². The number of likely N-dealkylation sites (tertiary alicyclic amines) is 1. The molecule has 0 unspecified atom stereocenters. The maximum Gasteiger partial charge on any atom is 0.407 e. The molecule has 3 rings (SSSR count). The van der Waals surface area contributed by atoms with Gasteiger partial charge in [-0.25, -0.2) is 4.79 Å². The van der Waals surface area contributed by atoms with E-state index in [0.29, 0.717) is 5.92 Å². The van der Waals surface area contributed by atoms with E-state index in [4.69, 9.17) is 4.74 Å². The minimum absolute atomic E-state index is 0. The van der Waals surface area contributed by atoms with Gasteiger partial charge in [0.25, 0.3) is 0 Å². The molecule has 2 fully saturated rings. The minimum atomic E-state index is -0.764. The van der Waals surface area contributed by atoms with E-state index in [1.54, 1.807) is 12.0 Å². The Morgan fingerprint density at radius 3 is 2.56 bits per heavy atom. The molecule has 0 radical (unpaired) electrons. The van der Waals surface area contributed by atoms with Crippen LogP contribution in [0.3, 0.4) is 0 Å². The number of halogens is 1. The molecule has 1 aromatic rings. The highest BCUT2D eigenvalue weighted by Gasteiger charge is 2.47. The normalized spacial score (nSPS) is 23.6. The number of carbonyl (C=O) groups is 1. The number of hydrogen-bond acceptors (Lipinski definition) is 3. The summed E-state index contributed by atoms with van der Waals surface area (Å²) in [5.74, 6) is 0.359. The number of ether oxygens (including phenoxy) is 1. The maximum atomic E-state index is 11.9. The van der Waals surface area contributed by atoms with E-state index in [0.717, 1.165) is 45.5 Å². The van der Waals surface area contributed by atoms with Gasteiger partial charge in [-0.15, -0.1) is 12.4 Å². The molecular weight excluding hydrogens is 364 g/mol. The van der Waals surface area contributed by atoms with Crippen molar-refractivity contribution in [3.8, 4) is 0 Å². The number of nitrogens with zero attached hydrogens (tertiary/aromatic N) is 2. The number of hydrogen-bond donors (Lipinski definition) is 1. The van der Waals surface area contributed by atoms with Crippen LogP contribution in [0.15, 0.2) is 35.9 Å². The molecule has 1 saturated carbocycles. The molecule has 1 aliphatic heterocycles. The fraction of sp³-hybridized carbons (Fsp3) is 0.571. The Kier molecular flexibility index (Phi) is 8.14. The molecule has 6 heteroatoms. The molecule has 0 spiro atoms. The van der Waals surface area contributed by atoms with Crippen molar-refractivity contribution in [2.24, 2.45) is 5.92 Å². The second-order valence-corrected chi connectivity index (χ2v) is 7.46. The van der Waals surface area contributed by atoms with Crippen LogP contribution in [0.2, 0.25) is 0 Å². The lowest BCUT2D eigenvalue weighted by Gasteiger charge is -2.37. The second kappa shape index (κ2) is 10.1. The predicted octanol–water partition coefficient (Wildman–Crippen LogP) is 3.99. The van der Waals surface area contributed by atoms with Gasteiger partial charge in [0.05, 0.1) is 6.61 Å². The van der Waals surface area contributed by atoms with E-state index in [-0.39, 0.29) is 24.5 Å². The van der Waals surface area contributed by atoms with Gasteiger partial charge in [0.2, 0.25) is 0 Å². The van der Waals surface area contributed by atoms with Gasteiger partial charge < -0.3 is 19.6 Å². The summed E-state index contributed by atoms with van der Waals surface area (Å²) in [5.41, 5.74) is 2.47. The first-order valence-corrected chi connectivity index (χ1v) is 9.56. The molecule has 1 saturated heterocycles. The van der Waals surface area contributed by atoms with Crippen molar-refractivity contribution < 1.29 is 14.6 Å². The highest BCUT2D eigenvalue weighted by molar-refractivity contribution is 5.85. The van der Waals surface area contributed by atoms with Crippen molar-refractivity contribution in [1.29, 1.82) is 0 Å². The van der Waals surface area contributed by atoms with E-state index in [2.05, 4.69) is 30.0 Å². The minimum Gasteiger partial charge on any atom is -0.465 e. The monoisotopic (exact) mass is 394 g/mol. The van der Waals surface area contributed by atoms with Crippen LogP contribution in [0.25, 0.3) is 6.08 Å². The molecular formula is C21H31ClN2O3. The zero-order valence-electron chi connectivity index (χ0n) is 16.2. The Hall–Kier alpha value is -1.56. The van der Waals surface area contributed by atoms with Crippen LogP contribution >= 0.6 is 12.4 Å². The van der Waals surface area contributed by atoms with Gasteiger partial charge in [-0.2, -0.15) is 0 Å². The predicted molar refractivity (Wildman–Crippen MR) is 110 cm³/mol. The summed E-state index contributed by atoms with van der Waals surface area (Å²) in [6.45, 7) is 5.70. The maximum absolute atomic E-state index is 11.9. The average Bonchev–Trinajstić information content (AvgIpc) is 3.42. The van der Waals surface area contributed by atoms with Crippen molar-refractivity contribution in [3.63, 3.8) is 0 Å². The fourth-order valence-electron chi connectivity index (χ4n) is 4.11. The van der Waals surface area contributed by atoms with Crippen LogP contribution in [-0.4, -0.2) is 66.4 Å². The summed E-state index contributed by atoms with van der Waals surface area (Å²) in [7, 11) is 1.72. The van der Waals surface area contributed by atoms with Crippen molar-refractivity contribution in [2.75, 3.05) is 33.4 Å². The summed E-state index contributed by atoms with van der Waals surface area (Å²) in [5, 5.41) is 9.81. The SMILES string of the molecule is COCCN1CCC(N(C(=O)O)[C@@H]2C[C@H]2/C(C)=C/c2ccccc2)CC1.Cl. The van der Waals surface area contributed by atoms with Crippen molar-refractivity contribution in [1.82, 2.24) is 9.80 Å². The van der Waals surface area contributed by atoms with Gasteiger partial charge in [0.15, 0.2) is 0 Å². The van der Waals surface area contributed by atoms with Crippen molar-refractivity contribution in [2.45, 2.75) is 38.3 Å². The summed E-state index contributed by atoms with van der Waals surface area (Å²) < 4.78 is 5.14. The molecule has 2 atom stereocenters. The lowest BCUT2D eigenvalue weighted by atomic mass is 10.0. The molecule has 1 N–H and O–H groups in total. The van der Waals surface area contributed by atoms with Gasteiger partial charge >= 0.3 is 6.09 Å². The van der Waals surface area contributed by atoms with Gasteiger partial charge in [-0.05, 0) is 31.7 Å². The third kappa shape index (κ3) is 5.71. The Labute approximate surface area is 168 Å². The van der Waals surface area contributed by atoms with Crippen molar-refractivity contribution >= 4 is 24.6 Å². The second-order valence-electron chi connectivity index (χ2n) is 7.46. The summed E-state index contributed by atoms with van der Waals surface area (Å²) in [4.78, 5) is 16.0. The van der Waals surface area contributed by atoms with Crippen LogP contribution in [-0.2, 0) is 4.74 Å². The molecule has 0 bridgehead atoms. The lowest BCUT2D eigenvalue weighted by Crippen LogP contribution is -2.48. The molecule has 2 aliphatic rings. The third-order valence-corrected chi connectivity index (χ3v) is 5.68. The first-order valence-electron chi connectivity index (χ1n) is 9.56. The highest BCUT2D eigenvalue weighted by Crippen LogP contribution is 2.44. The van der Waals surface area contributed by atoms with Crippen LogP contribution in [0.4, 0.5) is 4.79 Å². The smallest absolute Gasteiger partial charge is 0.407 e. The van der Waals surface area contributed by atoms with E-state index >= 15 is 0 Å². The Morgan fingerprint density at radius 1 is 1.30 bits per heavy atom. The number of rotatable bonds is 7. The number of piperidine rings is 1. The lowest BCUT2D eigenvalue weighted by molar-refractivity contribution is 0.0738. The average molecular weight is 395 g/mol. The molecule has 5 nitrogen and oxygen atoms in total. The van der Waals surface area contributed by atoms with Crippen LogP contribution < -0.4 is 0 Å². The number of amides is 1. The number of benzene rings is 1. The Balaban J connectivity index is 0.00000261. The van der Waals surface area contributed by atoms with Gasteiger partial charge in [-0.1, -0.05) is 42.0 Å². The summed E-state index contributed by atoms with van der Waals surface area (Å²) in [6, 6.07) is 10.5. The standard InChI is InChI=1S/C21H30N2O3.ClH/c1-16(14-17-6-4-3-5-7-17)19-15-20(19)23(21(24)25)18-8-10-22(11-9-18)12-13-26-2;/h3-7,14,18-20H,8-13,15H2,1-2H3,(H,24,25);1H/b16-14+;/t19-,20+;/m0./s1. The zero-order chi connectivity index (χ0) is 18.5. The van der Waals surface area contributed by atoms with E-state index < -0.39 is 6.09 Å².